The normalized spacial score (nSPS) is 10.4. The number of carbonyl (C=O) groups excluding carboxylic acids is 1. The first-order chi connectivity index (χ1) is 6.72. The van der Waals surface area contributed by atoms with Crippen molar-refractivity contribution in [1.29, 1.82) is 0 Å². The van der Waals surface area contributed by atoms with Crippen LogP contribution in [0.2, 0.25) is 0 Å². The minimum Gasteiger partial charge on any atom is -0.368 e. The minimum atomic E-state index is -0.514. The summed E-state index contributed by atoms with van der Waals surface area (Å²) in [5.74, 6) is -0.621. The molecule has 1 heterocycles. The van der Waals surface area contributed by atoms with Crippen LogP contribution in [0.5, 0.6) is 0 Å². The fourth-order valence-electron chi connectivity index (χ4n) is 1.25. The Hall–Kier alpha value is -2.04. The Kier molecular flexibility index (Phi) is 1.85. The summed E-state index contributed by atoms with van der Waals surface area (Å²) in [5, 5.41) is 0.370. The van der Waals surface area contributed by atoms with Crippen molar-refractivity contribution in [2.75, 3.05) is 5.73 Å². The molecule has 0 saturated heterocycles. The number of aldehydes is 1. The van der Waals surface area contributed by atoms with Crippen LogP contribution in [-0.4, -0.2) is 16.3 Å². The summed E-state index contributed by atoms with van der Waals surface area (Å²) in [6.07, 6.45) is 0.528. The van der Waals surface area contributed by atoms with Crippen molar-refractivity contribution in [2.45, 2.75) is 0 Å². The quantitative estimate of drug-likeness (QED) is 0.687. The summed E-state index contributed by atoms with van der Waals surface area (Å²) >= 11 is 0. The van der Waals surface area contributed by atoms with E-state index in [9.17, 15) is 9.18 Å². The van der Waals surface area contributed by atoms with Crippen LogP contribution >= 0.6 is 0 Å². The number of halogens is 1. The molecular weight excluding hydrogens is 185 g/mol. The number of carbonyl (C=O) groups is 1. The van der Waals surface area contributed by atoms with E-state index in [4.69, 9.17) is 5.73 Å². The molecule has 0 unspecified atom stereocenters. The molecule has 5 heteroatoms. The molecule has 2 N–H and O–H groups in total. The second-order valence-electron chi connectivity index (χ2n) is 2.72. The van der Waals surface area contributed by atoms with E-state index in [-0.39, 0.29) is 17.2 Å². The summed E-state index contributed by atoms with van der Waals surface area (Å²) in [6.45, 7) is 0. The smallest absolute Gasteiger partial charge is 0.221 e. The van der Waals surface area contributed by atoms with Crippen molar-refractivity contribution in [3.63, 3.8) is 0 Å². The Morgan fingerprint density at radius 3 is 2.86 bits per heavy atom. The predicted octanol–water partition coefficient (Wildman–Crippen LogP) is 1.16. The third kappa shape index (κ3) is 1.19. The second kappa shape index (κ2) is 3.02. The van der Waals surface area contributed by atoms with Crippen LogP contribution in [0.4, 0.5) is 10.3 Å². The number of nitrogens with two attached hydrogens (primary N) is 1. The van der Waals surface area contributed by atoms with Gasteiger partial charge >= 0.3 is 0 Å². The molecule has 4 nitrogen and oxygen atoms in total. The number of anilines is 1. The van der Waals surface area contributed by atoms with E-state index in [1.54, 1.807) is 6.07 Å². The highest BCUT2D eigenvalue weighted by molar-refractivity contribution is 5.95. The molecule has 0 aliphatic heterocycles. The fraction of sp³-hybridized carbons (Fsp3) is 0. The van der Waals surface area contributed by atoms with E-state index in [2.05, 4.69) is 9.97 Å². The van der Waals surface area contributed by atoms with Gasteiger partial charge in [-0.15, -0.1) is 0 Å². The number of para-hydroxylation sites is 1. The van der Waals surface area contributed by atoms with E-state index < -0.39 is 5.82 Å². The number of nitrogens with zero attached hydrogens (tertiary/aromatic N) is 2. The SMILES string of the molecule is Nc1nc(C=O)c2cccc(F)c2n1. The first-order valence-corrected chi connectivity index (χ1v) is 3.89. The van der Waals surface area contributed by atoms with Gasteiger partial charge in [0.2, 0.25) is 5.95 Å². The van der Waals surface area contributed by atoms with Crippen LogP contribution in [0.25, 0.3) is 10.9 Å². The van der Waals surface area contributed by atoms with Gasteiger partial charge in [0.15, 0.2) is 6.29 Å². The zero-order valence-electron chi connectivity index (χ0n) is 7.07. The predicted molar refractivity (Wildman–Crippen MR) is 49.3 cm³/mol. The molecule has 1 aromatic carbocycles. The molecule has 0 atom stereocenters. The average Bonchev–Trinajstić information content (AvgIpc) is 2.18. The van der Waals surface area contributed by atoms with Crippen LogP contribution < -0.4 is 5.73 Å². The zero-order valence-corrected chi connectivity index (χ0v) is 7.07. The Morgan fingerprint density at radius 2 is 2.14 bits per heavy atom. The van der Waals surface area contributed by atoms with E-state index in [0.717, 1.165) is 0 Å². The number of fused-ring (bicyclic) bond motifs is 1. The number of hydrogen-bond acceptors (Lipinski definition) is 4. The molecule has 1 aromatic heterocycles. The molecule has 0 radical (unpaired) electrons. The van der Waals surface area contributed by atoms with Crippen LogP contribution in [-0.2, 0) is 0 Å². The molecular formula is C9H6FN3O. The molecule has 14 heavy (non-hydrogen) atoms. The molecule has 2 aromatic rings. The van der Waals surface area contributed by atoms with Crippen molar-refractivity contribution < 1.29 is 9.18 Å². The Bertz CT molecular complexity index is 513. The maximum absolute atomic E-state index is 13.2. The van der Waals surface area contributed by atoms with Crippen molar-refractivity contribution in [1.82, 2.24) is 9.97 Å². The molecule has 0 fully saturated rings. The largest absolute Gasteiger partial charge is 0.368 e. The van der Waals surface area contributed by atoms with Gasteiger partial charge in [0.1, 0.15) is 17.0 Å². The number of benzene rings is 1. The van der Waals surface area contributed by atoms with E-state index in [1.165, 1.54) is 12.1 Å². The third-order valence-electron chi connectivity index (χ3n) is 1.84. The number of nitrogen functional groups attached to an aromatic ring is 1. The topological polar surface area (TPSA) is 68.9 Å². The molecule has 0 aliphatic carbocycles. The Balaban J connectivity index is 2.94. The maximum Gasteiger partial charge on any atom is 0.221 e. The summed E-state index contributed by atoms with van der Waals surface area (Å²) in [5.41, 5.74) is 5.50. The maximum atomic E-state index is 13.2. The van der Waals surface area contributed by atoms with E-state index >= 15 is 0 Å². The van der Waals surface area contributed by atoms with Gasteiger partial charge in [-0.25, -0.2) is 14.4 Å². The highest BCUT2D eigenvalue weighted by atomic mass is 19.1. The summed E-state index contributed by atoms with van der Waals surface area (Å²) < 4.78 is 13.2. The summed E-state index contributed by atoms with van der Waals surface area (Å²) in [4.78, 5) is 18.0. The number of hydrogen-bond donors (Lipinski definition) is 1. The van der Waals surface area contributed by atoms with Gasteiger partial charge in [0.05, 0.1) is 0 Å². The Morgan fingerprint density at radius 1 is 1.36 bits per heavy atom. The third-order valence-corrected chi connectivity index (χ3v) is 1.84. The lowest BCUT2D eigenvalue weighted by molar-refractivity contribution is 0.112. The molecule has 70 valence electrons. The van der Waals surface area contributed by atoms with Gasteiger partial charge in [-0.3, -0.25) is 4.79 Å². The van der Waals surface area contributed by atoms with E-state index in [0.29, 0.717) is 11.7 Å². The molecule has 0 spiro atoms. The van der Waals surface area contributed by atoms with Gasteiger partial charge in [-0.1, -0.05) is 12.1 Å². The standard InChI is InChI=1S/C9H6FN3O/c10-6-3-1-2-5-7(4-14)12-9(11)13-8(5)6/h1-4H,(H2,11,12,13). The number of rotatable bonds is 1. The van der Waals surface area contributed by atoms with Gasteiger partial charge < -0.3 is 5.73 Å². The molecule has 0 amide bonds. The highest BCUT2D eigenvalue weighted by Crippen LogP contribution is 2.18. The summed E-state index contributed by atoms with van der Waals surface area (Å²) in [6, 6.07) is 4.31. The monoisotopic (exact) mass is 191 g/mol. The van der Waals surface area contributed by atoms with Gasteiger partial charge in [0.25, 0.3) is 0 Å². The van der Waals surface area contributed by atoms with E-state index in [1.807, 2.05) is 0 Å². The lowest BCUT2D eigenvalue weighted by atomic mass is 10.2. The van der Waals surface area contributed by atoms with Crippen LogP contribution in [0.3, 0.4) is 0 Å². The molecule has 0 aliphatic rings. The fourth-order valence-corrected chi connectivity index (χ4v) is 1.25. The lowest BCUT2D eigenvalue weighted by Crippen LogP contribution is -2.00. The summed E-state index contributed by atoms with van der Waals surface area (Å²) in [7, 11) is 0. The van der Waals surface area contributed by atoms with Gasteiger partial charge in [-0.2, -0.15) is 0 Å². The van der Waals surface area contributed by atoms with Gasteiger partial charge in [0, 0.05) is 5.39 Å². The lowest BCUT2D eigenvalue weighted by Gasteiger charge is -2.01. The van der Waals surface area contributed by atoms with Crippen LogP contribution in [0.1, 0.15) is 10.5 Å². The second-order valence-corrected chi connectivity index (χ2v) is 2.72. The van der Waals surface area contributed by atoms with Crippen molar-refractivity contribution in [3.05, 3.63) is 29.7 Å². The number of aromatic nitrogens is 2. The first-order valence-electron chi connectivity index (χ1n) is 3.89. The zero-order chi connectivity index (χ0) is 10.1. The molecule has 0 saturated carbocycles. The minimum absolute atomic E-state index is 0.0714. The first kappa shape index (κ1) is 8.55. The van der Waals surface area contributed by atoms with Crippen molar-refractivity contribution in [2.24, 2.45) is 0 Å². The average molecular weight is 191 g/mol. The molecule has 0 bridgehead atoms. The Labute approximate surface area is 78.6 Å². The van der Waals surface area contributed by atoms with Crippen molar-refractivity contribution >= 4 is 23.1 Å². The molecule has 2 rings (SSSR count). The van der Waals surface area contributed by atoms with Crippen LogP contribution in [0, 0.1) is 5.82 Å². The van der Waals surface area contributed by atoms with Crippen LogP contribution in [0.15, 0.2) is 18.2 Å². The van der Waals surface area contributed by atoms with Crippen molar-refractivity contribution in [3.8, 4) is 0 Å². The van der Waals surface area contributed by atoms with Gasteiger partial charge in [-0.05, 0) is 6.07 Å². The highest BCUT2D eigenvalue weighted by Gasteiger charge is 2.08.